The number of aromatic nitrogens is 2. The van der Waals surface area contributed by atoms with Crippen LogP contribution in [0.3, 0.4) is 0 Å². The van der Waals surface area contributed by atoms with E-state index in [-0.39, 0.29) is 11.0 Å². The number of rotatable bonds is 8. The van der Waals surface area contributed by atoms with Crippen molar-refractivity contribution in [2.24, 2.45) is 11.8 Å². The highest BCUT2D eigenvalue weighted by atomic mass is 35.5. The monoisotopic (exact) mass is 523 g/mol. The minimum absolute atomic E-state index is 0.0465. The zero-order valence-electron chi connectivity index (χ0n) is 20.7. The van der Waals surface area contributed by atoms with Crippen LogP contribution in [-0.2, 0) is 23.8 Å². The average Bonchev–Trinajstić information content (AvgIpc) is 3.21. The molecule has 2 aliphatic rings. The van der Waals surface area contributed by atoms with Crippen molar-refractivity contribution >= 4 is 28.9 Å². The van der Waals surface area contributed by atoms with Gasteiger partial charge in [0, 0.05) is 30.6 Å². The predicted molar refractivity (Wildman–Crippen MR) is 135 cm³/mol. The number of carbonyl (C=O) groups excluding carboxylic acids is 1. The van der Waals surface area contributed by atoms with Gasteiger partial charge in [-0.1, -0.05) is 0 Å². The van der Waals surface area contributed by atoms with Crippen LogP contribution >= 0.6 is 11.6 Å². The van der Waals surface area contributed by atoms with Gasteiger partial charge in [-0.3, -0.25) is 4.79 Å². The molecule has 1 fully saturated rings. The van der Waals surface area contributed by atoms with E-state index >= 15 is 0 Å². The van der Waals surface area contributed by atoms with Crippen LogP contribution in [0.1, 0.15) is 67.5 Å². The lowest BCUT2D eigenvalue weighted by Crippen LogP contribution is -2.21. The number of nitrogens with two attached hydrogens (primary N) is 1. The molecule has 1 aromatic carbocycles. The number of nitrogens with zero attached hydrogens (tertiary/aromatic N) is 3. The molecule has 10 heteroatoms. The standard InChI is InChI=1S/C26H33ClF3N5O/c1-15(18-11-19(26(28,29)30)13-20(31)12-18)32-24-22-10-16(4-6-23(22)33-25(27)34-24)3-5-21(36)9-17-7-8-35(2)14-17/h11-13,15-17H,3-10,14,31H2,1-2H3,(H,32,33,34)/t15-,16?,17?/m1/s1. The summed E-state index contributed by atoms with van der Waals surface area (Å²) in [6.45, 7) is 3.81. The number of anilines is 2. The van der Waals surface area contributed by atoms with Crippen molar-refractivity contribution in [2.75, 3.05) is 31.2 Å². The quantitative estimate of drug-likeness (QED) is 0.341. The molecule has 1 saturated heterocycles. The molecule has 36 heavy (non-hydrogen) atoms. The van der Waals surface area contributed by atoms with Gasteiger partial charge in [0.25, 0.3) is 0 Å². The van der Waals surface area contributed by atoms with Crippen LogP contribution < -0.4 is 11.1 Å². The molecule has 1 aliphatic heterocycles. The number of aryl methyl sites for hydroxylation is 1. The summed E-state index contributed by atoms with van der Waals surface area (Å²) in [6, 6.07) is 3.06. The molecule has 0 spiro atoms. The Morgan fingerprint density at radius 2 is 2.03 bits per heavy atom. The summed E-state index contributed by atoms with van der Waals surface area (Å²) in [5.41, 5.74) is 7.19. The number of nitrogens with one attached hydrogen (secondary N) is 1. The molecule has 0 amide bonds. The molecular formula is C26H33ClF3N5O. The van der Waals surface area contributed by atoms with Gasteiger partial charge in [-0.25, -0.2) is 9.97 Å². The lowest BCUT2D eigenvalue weighted by molar-refractivity contribution is -0.137. The van der Waals surface area contributed by atoms with Gasteiger partial charge in [-0.15, -0.1) is 0 Å². The van der Waals surface area contributed by atoms with Crippen LogP contribution in [0.5, 0.6) is 0 Å². The average molecular weight is 524 g/mol. The lowest BCUT2D eigenvalue weighted by Gasteiger charge is -2.27. The number of nitrogen functional groups attached to an aromatic ring is 1. The van der Waals surface area contributed by atoms with Crippen LogP contribution in [0.15, 0.2) is 18.2 Å². The number of carbonyl (C=O) groups is 1. The second kappa shape index (κ2) is 10.9. The summed E-state index contributed by atoms with van der Waals surface area (Å²) < 4.78 is 39.8. The van der Waals surface area contributed by atoms with Crippen molar-refractivity contribution in [2.45, 2.75) is 64.1 Å². The van der Waals surface area contributed by atoms with Crippen molar-refractivity contribution in [1.82, 2.24) is 14.9 Å². The smallest absolute Gasteiger partial charge is 0.399 e. The Morgan fingerprint density at radius 1 is 1.25 bits per heavy atom. The Bertz CT molecular complexity index is 1110. The number of hydrogen-bond donors (Lipinski definition) is 2. The van der Waals surface area contributed by atoms with Crippen LogP contribution in [-0.4, -0.2) is 40.8 Å². The number of fused-ring (bicyclic) bond motifs is 1. The van der Waals surface area contributed by atoms with Crippen molar-refractivity contribution < 1.29 is 18.0 Å². The molecule has 2 unspecified atom stereocenters. The molecule has 196 valence electrons. The van der Waals surface area contributed by atoms with Crippen molar-refractivity contribution in [1.29, 1.82) is 0 Å². The minimum atomic E-state index is -4.49. The molecule has 1 aliphatic carbocycles. The highest BCUT2D eigenvalue weighted by molar-refractivity contribution is 6.28. The summed E-state index contributed by atoms with van der Waals surface area (Å²) in [4.78, 5) is 23.6. The normalized spacial score (nSPS) is 21.3. The van der Waals surface area contributed by atoms with E-state index in [1.165, 1.54) is 6.07 Å². The van der Waals surface area contributed by atoms with Gasteiger partial charge in [0.15, 0.2) is 0 Å². The number of benzene rings is 1. The SMILES string of the molecule is C[C@@H](Nc1nc(Cl)nc2c1CC(CCC(=O)CC1CCN(C)C1)CC2)c1cc(N)cc(C(F)(F)F)c1. The molecule has 1 aromatic heterocycles. The van der Waals surface area contributed by atoms with E-state index in [9.17, 15) is 18.0 Å². The van der Waals surface area contributed by atoms with Gasteiger partial charge in [0.1, 0.15) is 11.6 Å². The van der Waals surface area contributed by atoms with Crippen LogP contribution in [0.4, 0.5) is 24.7 Å². The van der Waals surface area contributed by atoms with E-state index in [1.807, 2.05) is 0 Å². The largest absolute Gasteiger partial charge is 0.416 e. The molecule has 3 N–H and O–H groups in total. The van der Waals surface area contributed by atoms with E-state index in [2.05, 4.69) is 27.2 Å². The van der Waals surface area contributed by atoms with Gasteiger partial charge in [-0.05, 0) is 99.8 Å². The molecule has 4 rings (SSSR count). The zero-order chi connectivity index (χ0) is 26.0. The molecule has 0 saturated carbocycles. The second-order valence-corrected chi connectivity index (χ2v) is 10.7. The Balaban J connectivity index is 1.43. The third-order valence-corrected chi connectivity index (χ3v) is 7.51. The van der Waals surface area contributed by atoms with Crippen LogP contribution in [0, 0.1) is 11.8 Å². The van der Waals surface area contributed by atoms with Gasteiger partial charge in [0.2, 0.25) is 5.28 Å². The van der Waals surface area contributed by atoms with Gasteiger partial charge >= 0.3 is 6.18 Å². The lowest BCUT2D eigenvalue weighted by atomic mass is 9.83. The Hall–Kier alpha value is -2.39. The minimum Gasteiger partial charge on any atom is -0.399 e. The molecule has 3 atom stereocenters. The van der Waals surface area contributed by atoms with Crippen molar-refractivity contribution in [3.63, 3.8) is 0 Å². The maximum atomic E-state index is 13.3. The number of halogens is 4. The first-order valence-electron chi connectivity index (χ1n) is 12.5. The van der Waals surface area contributed by atoms with Crippen molar-refractivity contribution in [3.05, 3.63) is 45.9 Å². The van der Waals surface area contributed by atoms with Gasteiger partial charge in [-0.2, -0.15) is 13.2 Å². The van der Waals surface area contributed by atoms with E-state index in [1.54, 1.807) is 6.92 Å². The second-order valence-electron chi connectivity index (χ2n) is 10.3. The Kier molecular flexibility index (Phi) is 8.09. The van der Waals surface area contributed by atoms with Crippen LogP contribution in [0.25, 0.3) is 0 Å². The summed E-state index contributed by atoms with van der Waals surface area (Å²) in [5, 5.41) is 3.34. The number of alkyl halides is 3. The van der Waals surface area contributed by atoms with Crippen LogP contribution in [0.2, 0.25) is 5.28 Å². The topological polar surface area (TPSA) is 84.1 Å². The number of Topliss-reactive ketones (excluding diaryl/α,β-unsaturated/α-hetero) is 1. The molecule has 0 radical (unpaired) electrons. The summed E-state index contributed by atoms with van der Waals surface area (Å²) in [7, 11) is 2.09. The predicted octanol–water partition coefficient (Wildman–Crippen LogP) is 5.70. The summed E-state index contributed by atoms with van der Waals surface area (Å²) >= 11 is 6.17. The third-order valence-electron chi connectivity index (χ3n) is 7.34. The summed E-state index contributed by atoms with van der Waals surface area (Å²) in [5.74, 6) is 1.63. The molecular weight excluding hydrogens is 491 g/mol. The molecule has 6 nitrogen and oxygen atoms in total. The maximum Gasteiger partial charge on any atom is 0.416 e. The van der Waals surface area contributed by atoms with Gasteiger partial charge in [0.05, 0.1) is 17.3 Å². The van der Waals surface area contributed by atoms with E-state index in [0.717, 1.165) is 62.2 Å². The maximum absolute atomic E-state index is 13.3. The number of ketones is 1. The fourth-order valence-corrected chi connectivity index (χ4v) is 5.57. The first-order chi connectivity index (χ1) is 17.0. The summed E-state index contributed by atoms with van der Waals surface area (Å²) in [6.07, 6.45) is 0.965. The molecule has 2 aromatic rings. The van der Waals surface area contributed by atoms with E-state index in [4.69, 9.17) is 17.3 Å². The van der Waals surface area contributed by atoms with E-state index < -0.39 is 17.8 Å². The van der Waals surface area contributed by atoms with E-state index in [0.29, 0.717) is 48.3 Å². The molecule has 2 heterocycles. The molecule has 0 bridgehead atoms. The Labute approximate surface area is 214 Å². The highest BCUT2D eigenvalue weighted by Crippen LogP contribution is 2.36. The third kappa shape index (κ3) is 6.68. The van der Waals surface area contributed by atoms with Gasteiger partial charge < -0.3 is 16.0 Å². The first-order valence-corrected chi connectivity index (χ1v) is 12.9. The number of hydrogen-bond acceptors (Lipinski definition) is 6. The van der Waals surface area contributed by atoms with Crippen molar-refractivity contribution in [3.8, 4) is 0 Å². The fourth-order valence-electron chi connectivity index (χ4n) is 5.38. The fraction of sp³-hybridized carbons (Fsp3) is 0.577. The highest BCUT2D eigenvalue weighted by Gasteiger charge is 2.32. The zero-order valence-corrected chi connectivity index (χ0v) is 21.4. The Morgan fingerprint density at radius 3 is 2.72 bits per heavy atom. The first kappa shape index (κ1) is 26.7. The number of likely N-dealkylation sites (tertiary alicyclic amines) is 1.